The fourth-order valence-corrected chi connectivity index (χ4v) is 4.07. The van der Waals surface area contributed by atoms with Crippen molar-refractivity contribution in [3.63, 3.8) is 0 Å². The first-order chi connectivity index (χ1) is 19.8. The van der Waals surface area contributed by atoms with Gasteiger partial charge in [0.2, 0.25) is 0 Å². The molecule has 0 bridgehead atoms. The van der Waals surface area contributed by atoms with Crippen molar-refractivity contribution >= 4 is 17.9 Å². The van der Waals surface area contributed by atoms with Crippen molar-refractivity contribution in [2.24, 2.45) is 0 Å². The number of ether oxygens (including phenoxy) is 4. The second-order valence-corrected chi connectivity index (χ2v) is 10.0. The van der Waals surface area contributed by atoms with E-state index in [2.05, 4.69) is 6.92 Å². The molecule has 0 saturated carbocycles. The largest absolute Gasteiger partial charge is 0.459 e. The molecule has 3 aromatic rings. The number of esters is 3. The van der Waals surface area contributed by atoms with E-state index in [4.69, 9.17) is 18.9 Å². The Bertz CT molecular complexity index is 1250. The van der Waals surface area contributed by atoms with Crippen molar-refractivity contribution in [3.8, 4) is 22.6 Å². The zero-order valence-electron chi connectivity index (χ0n) is 24.4. The molecule has 0 unspecified atom stereocenters. The maximum absolute atomic E-state index is 12.6. The van der Waals surface area contributed by atoms with Crippen LogP contribution in [0, 0.1) is 0 Å². The molecule has 0 aliphatic carbocycles. The molecule has 0 fully saturated rings. The van der Waals surface area contributed by atoms with E-state index in [-0.39, 0.29) is 12.1 Å². The molecule has 3 rings (SSSR count). The quantitative estimate of drug-likeness (QED) is 0.106. The van der Waals surface area contributed by atoms with E-state index >= 15 is 0 Å². The Hall–Kier alpha value is -3.97. The lowest BCUT2D eigenvalue weighted by Crippen LogP contribution is -2.26. The van der Waals surface area contributed by atoms with Crippen LogP contribution in [0.5, 0.6) is 11.5 Å². The fourth-order valence-electron chi connectivity index (χ4n) is 4.07. The van der Waals surface area contributed by atoms with E-state index in [1.54, 1.807) is 31.2 Å². The van der Waals surface area contributed by atoms with E-state index in [1.807, 2.05) is 38.1 Å². The molecule has 0 heterocycles. The van der Waals surface area contributed by atoms with E-state index < -0.39 is 18.0 Å². The van der Waals surface area contributed by atoms with Gasteiger partial charge in [0.1, 0.15) is 11.5 Å². The van der Waals surface area contributed by atoms with Crippen molar-refractivity contribution in [1.82, 2.24) is 0 Å². The monoisotopic (exact) mass is 560 g/mol. The second kappa shape index (κ2) is 16.3. The molecular formula is C34H40O7. The second-order valence-electron chi connectivity index (χ2n) is 10.0. The van der Waals surface area contributed by atoms with Crippen LogP contribution in [-0.2, 0) is 14.3 Å². The number of carbonyl (C=O) groups is 3. The maximum atomic E-state index is 12.6. The Kier molecular flexibility index (Phi) is 12.6. The molecule has 0 aliphatic heterocycles. The number of hydrogen-bond donors (Lipinski definition) is 0. The molecule has 7 heteroatoms. The molecule has 0 aliphatic rings. The molecule has 0 N–H and O–H groups in total. The van der Waals surface area contributed by atoms with E-state index in [0.717, 1.165) is 36.8 Å². The zero-order valence-corrected chi connectivity index (χ0v) is 24.4. The lowest BCUT2D eigenvalue weighted by Gasteiger charge is -2.13. The van der Waals surface area contributed by atoms with Crippen LogP contribution in [0.4, 0.5) is 0 Å². The van der Waals surface area contributed by atoms with Crippen molar-refractivity contribution in [1.29, 1.82) is 0 Å². The summed E-state index contributed by atoms with van der Waals surface area (Å²) in [5, 5.41) is 0. The minimum absolute atomic E-state index is 0.107. The molecule has 7 nitrogen and oxygen atoms in total. The lowest BCUT2D eigenvalue weighted by molar-refractivity contribution is -0.146. The summed E-state index contributed by atoms with van der Waals surface area (Å²) in [5.41, 5.74) is 2.67. The molecule has 0 radical (unpaired) electrons. The van der Waals surface area contributed by atoms with Crippen molar-refractivity contribution in [3.05, 3.63) is 83.9 Å². The predicted octanol–water partition coefficient (Wildman–Crippen LogP) is 7.81. The van der Waals surface area contributed by atoms with Gasteiger partial charge in [-0.1, -0.05) is 57.4 Å². The highest BCUT2D eigenvalue weighted by Crippen LogP contribution is 2.24. The van der Waals surface area contributed by atoms with Gasteiger partial charge in [-0.05, 0) is 92.8 Å². The average Bonchev–Trinajstić information content (AvgIpc) is 2.98. The van der Waals surface area contributed by atoms with Crippen LogP contribution >= 0.6 is 0 Å². The summed E-state index contributed by atoms with van der Waals surface area (Å²) in [5.74, 6) is -0.629. The topological polar surface area (TPSA) is 88.1 Å². The number of rotatable bonds is 15. The maximum Gasteiger partial charge on any atom is 0.343 e. The molecule has 0 aromatic heterocycles. The highest BCUT2D eigenvalue weighted by molar-refractivity contribution is 5.91. The lowest BCUT2D eigenvalue weighted by atomic mass is 10.0. The Morgan fingerprint density at radius 2 is 1.17 bits per heavy atom. The summed E-state index contributed by atoms with van der Waals surface area (Å²) in [6.07, 6.45) is 5.50. The highest BCUT2D eigenvalue weighted by Gasteiger charge is 2.17. The summed E-state index contributed by atoms with van der Waals surface area (Å²) in [6.45, 7) is 8.18. The van der Waals surface area contributed by atoms with Gasteiger partial charge in [-0.15, -0.1) is 0 Å². The third-order valence-electron chi connectivity index (χ3n) is 6.50. The van der Waals surface area contributed by atoms with Gasteiger partial charge >= 0.3 is 17.9 Å². The standard InChI is InChI=1S/C34H40O7/c1-5-7-8-9-10-24(3)39-33(36)28-13-11-26(12-14-28)27-15-19-31(20-16-27)41-34(37)29-17-21-30(22-18-29)40-32(35)25(4)38-23-6-2/h11-22,24-25H,5-10,23H2,1-4H3/t24-,25-/m0/s1. The van der Waals surface area contributed by atoms with Crippen LogP contribution in [0.2, 0.25) is 0 Å². The normalized spacial score (nSPS) is 12.3. The van der Waals surface area contributed by atoms with Gasteiger partial charge < -0.3 is 18.9 Å². The van der Waals surface area contributed by atoms with Gasteiger partial charge in [-0.2, -0.15) is 0 Å². The molecule has 2 atom stereocenters. The predicted molar refractivity (Wildman–Crippen MR) is 158 cm³/mol. The fraction of sp³-hybridized carbons (Fsp3) is 0.382. The Labute approximate surface area is 242 Å². The molecule has 41 heavy (non-hydrogen) atoms. The Morgan fingerprint density at radius 3 is 1.78 bits per heavy atom. The van der Waals surface area contributed by atoms with Gasteiger partial charge in [0.15, 0.2) is 6.10 Å². The summed E-state index contributed by atoms with van der Waals surface area (Å²) in [6, 6.07) is 20.5. The van der Waals surface area contributed by atoms with Gasteiger partial charge in [0.05, 0.1) is 17.2 Å². The molecule has 218 valence electrons. The van der Waals surface area contributed by atoms with Gasteiger partial charge in [0.25, 0.3) is 0 Å². The summed E-state index contributed by atoms with van der Waals surface area (Å²) in [7, 11) is 0. The van der Waals surface area contributed by atoms with E-state index in [0.29, 0.717) is 29.2 Å². The highest BCUT2D eigenvalue weighted by atomic mass is 16.6. The van der Waals surface area contributed by atoms with Crippen LogP contribution in [0.25, 0.3) is 11.1 Å². The molecule has 0 spiro atoms. The summed E-state index contributed by atoms with van der Waals surface area (Å²) >= 11 is 0. The van der Waals surface area contributed by atoms with E-state index in [1.165, 1.54) is 37.1 Å². The van der Waals surface area contributed by atoms with Crippen molar-refractivity contribution in [2.45, 2.75) is 78.4 Å². The van der Waals surface area contributed by atoms with Gasteiger partial charge in [-0.25, -0.2) is 14.4 Å². The first-order valence-electron chi connectivity index (χ1n) is 14.4. The minimum Gasteiger partial charge on any atom is -0.459 e. The SMILES string of the molecule is CCCCCC[C@H](C)OC(=O)c1ccc(-c2ccc(OC(=O)c3ccc(OC(=O)[C@H](C)OCCC)cc3)cc2)cc1. The smallest absolute Gasteiger partial charge is 0.343 e. The molecular weight excluding hydrogens is 520 g/mol. The number of hydrogen-bond acceptors (Lipinski definition) is 7. The van der Waals surface area contributed by atoms with Crippen LogP contribution < -0.4 is 9.47 Å². The van der Waals surface area contributed by atoms with Crippen LogP contribution in [0.1, 0.15) is 86.9 Å². The number of carbonyl (C=O) groups excluding carboxylic acids is 3. The Balaban J connectivity index is 1.51. The Morgan fingerprint density at radius 1 is 0.634 bits per heavy atom. The molecule has 0 amide bonds. The molecule has 0 saturated heterocycles. The first-order valence-corrected chi connectivity index (χ1v) is 14.4. The minimum atomic E-state index is -0.671. The van der Waals surface area contributed by atoms with Crippen molar-refractivity contribution in [2.75, 3.05) is 6.61 Å². The first kappa shape index (κ1) is 31.6. The van der Waals surface area contributed by atoms with E-state index in [9.17, 15) is 14.4 Å². The van der Waals surface area contributed by atoms with Gasteiger partial charge in [0, 0.05) is 6.61 Å². The summed E-state index contributed by atoms with van der Waals surface area (Å²) < 4.78 is 21.7. The zero-order chi connectivity index (χ0) is 29.6. The molecule has 3 aromatic carbocycles. The van der Waals surface area contributed by atoms with Crippen LogP contribution in [-0.4, -0.2) is 36.7 Å². The average molecular weight is 561 g/mol. The van der Waals surface area contributed by atoms with Crippen LogP contribution in [0.15, 0.2) is 72.8 Å². The van der Waals surface area contributed by atoms with Gasteiger partial charge in [-0.3, -0.25) is 0 Å². The summed E-state index contributed by atoms with van der Waals surface area (Å²) in [4.78, 5) is 37.2. The number of unbranched alkanes of at least 4 members (excludes halogenated alkanes) is 3. The third kappa shape index (κ3) is 10.2. The number of benzene rings is 3. The third-order valence-corrected chi connectivity index (χ3v) is 6.50. The van der Waals surface area contributed by atoms with Crippen molar-refractivity contribution < 1.29 is 33.3 Å². The van der Waals surface area contributed by atoms with Crippen LogP contribution in [0.3, 0.4) is 0 Å².